The van der Waals surface area contributed by atoms with Crippen molar-refractivity contribution in [1.29, 1.82) is 0 Å². The Kier molecular flexibility index (Phi) is 3.85. The molecule has 1 aliphatic rings. The van der Waals surface area contributed by atoms with E-state index >= 15 is 0 Å². The van der Waals surface area contributed by atoms with Gasteiger partial charge < -0.3 is 0 Å². The Hall–Kier alpha value is -0.860. The lowest BCUT2D eigenvalue weighted by Crippen LogP contribution is -2.33. The average Bonchev–Trinajstić information content (AvgIpc) is 2.71. The molecule has 0 bridgehead atoms. The molecule has 2 nitrogen and oxygen atoms in total. The van der Waals surface area contributed by atoms with Gasteiger partial charge >= 0.3 is 0 Å². The van der Waals surface area contributed by atoms with Crippen LogP contribution in [0.2, 0.25) is 0 Å². The summed E-state index contributed by atoms with van der Waals surface area (Å²) in [6.07, 6.45) is 3.93. The van der Waals surface area contributed by atoms with Crippen molar-refractivity contribution >= 4 is 0 Å². The molecule has 1 fully saturated rings. The molecule has 94 valence electrons. The predicted octanol–water partition coefficient (Wildman–Crippen LogP) is 3.24. The third-order valence-corrected chi connectivity index (χ3v) is 4.16. The smallest absolute Gasteiger partial charge is 0.0490 e. The summed E-state index contributed by atoms with van der Waals surface area (Å²) in [7, 11) is 0. The third kappa shape index (κ3) is 2.70. The van der Waals surface area contributed by atoms with Crippen LogP contribution in [0.15, 0.2) is 18.2 Å². The molecule has 0 spiro atoms. The third-order valence-electron chi connectivity index (χ3n) is 4.16. The van der Waals surface area contributed by atoms with E-state index in [1.54, 1.807) is 0 Å². The number of hydrogen-bond acceptors (Lipinski definition) is 2. The van der Waals surface area contributed by atoms with E-state index in [2.05, 4.69) is 44.4 Å². The van der Waals surface area contributed by atoms with Crippen molar-refractivity contribution in [2.45, 2.75) is 46.1 Å². The molecule has 1 aromatic rings. The zero-order valence-electron chi connectivity index (χ0n) is 11.2. The van der Waals surface area contributed by atoms with Crippen molar-refractivity contribution in [1.82, 2.24) is 5.43 Å². The molecule has 0 aromatic heterocycles. The van der Waals surface area contributed by atoms with Gasteiger partial charge in [0.05, 0.1) is 0 Å². The largest absolute Gasteiger partial charge is 0.271 e. The Morgan fingerprint density at radius 3 is 2.65 bits per heavy atom. The lowest BCUT2D eigenvalue weighted by molar-refractivity contribution is 0.363. The van der Waals surface area contributed by atoms with Crippen LogP contribution in [0.25, 0.3) is 0 Å². The fourth-order valence-electron chi connectivity index (χ4n) is 3.13. The molecule has 3 atom stereocenters. The van der Waals surface area contributed by atoms with Gasteiger partial charge in [0, 0.05) is 6.04 Å². The second-order valence-corrected chi connectivity index (χ2v) is 5.68. The number of nitrogens with one attached hydrogen (secondary N) is 1. The van der Waals surface area contributed by atoms with Gasteiger partial charge in [-0.15, -0.1) is 0 Å². The Morgan fingerprint density at radius 1 is 1.29 bits per heavy atom. The summed E-state index contributed by atoms with van der Waals surface area (Å²) in [5.41, 5.74) is 7.09. The minimum atomic E-state index is 0.319. The highest BCUT2D eigenvalue weighted by molar-refractivity contribution is 5.33. The molecule has 3 N–H and O–H groups in total. The molecule has 1 aliphatic carbocycles. The highest BCUT2D eigenvalue weighted by Gasteiger charge is 2.29. The van der Waals surface area contributed by atoms with Crippen LogP contribution in [0.4, 0.5) is 0 Å². The molecule has 0 saturated heterocycles. The number of hydrazine groups is 1. The van der Waals surface area contributed by atoms with E-state index in [1.807, 2.05) is 0 Å². The van der Waals surface area contributed by atoms with E-state index in [0.29, 0.717) is 12.0 Å². The zero-order valence-corrected chi connectivity index (χ0v) is 11.2. The maximum atomic E-state index is 5.80. The molecular formula is C15H24N2. The van der Waals surface area contributed by atoms with E-state index in [1.165, 1.54) is 36.0 Å². The van der Waals surface area contributed by atoms with E-state index in [0.717, 1.165) is 5.92 Å². The van der Waals surface area contributed by atoms with E-state index in [9.17, 15) is 0 Å². The second-order valence-electron chi connectivity index (χ2n) is 5.68. The standard InChI is InChI=1S/C15H24N2/c1-10-5-7-13(8-10)15(17-16)14-9-11(2)4-6-12(14)3/h4,6,9-10,13,15,17H,5,7-8,16H2,1-3H3. The first kappa shape index (κ1) is 12.6. The van der Waals surface area contributed by atoms with Crippen molar-refractivity contribution < 1.29 is 0 Å². The van der Waals surface area contributed by atoms with Crippen LogP contribution in [-0.2, 0) is 0 Å². The summed E-state index contributed by atoms with van der Waals surface area (Å²) in [4.78, 5) is 0. The second kappa shape index (κ2) is 5.19. The average molecular weight is 232 g/mol. The number of benzene rings is 1. The number of aryl methyl sites for hydroxylation is 2. The first-order chi connectivity index (χ1) is 8.11. The zero-order chi connectivity index (χ0) is 12.4. The molecule has 0 amide bonds. The van der Waals surface area contributed by atoms with E-state index in [-0.39, 0.29) is 0 Å². The molecule has 3 unspecified atom stereocenters. The highest BCUT2D eigenvalue weighted by atomic mass is 15.2. The number of rotatable bonds is 3. The SMILES string of the molecule is Cc1ccc(C)c(C(NN)C2CCC(C)C2)c1. The van der Waals surface area contributed by atoms with Crippen LogP contribution < -0.4 is 11.3 Å². The van der Waals surface area contributed by atoms with Crippen molar-refractivity contribution in [3.05, 3.63) is 34.9 Å². The number of hydrogen-bond donors (Lipinski definition) is 2. The normalized spacial score (nSPS) is 26.1. The minimum Gasteiger partial charge on any atom is -0.271 e. The summed E-state index contributed by atoms with van der Waals surface area (Å²) in [6, 6.07) is 6.97. The molecular weight excluding hydrogens is 208 g/mol. The van der Waals surface area contributed by atoms with Crippen LogP contribution >= 0.6 is 0 Å². The van der Waals surface area contributed by atoms with Crippen LogP contribution in [0, 0.1) is 25.7 Å². The van der Waals surface area contributed by atoms with Crippen molar-refractivity contribution in [3.8, 4) is 0 Å². The Morgan fingerprint density at radius 2 is 2.06 bits per heavy atom. The predicted molar refractivity (Wildman–Crippen MR) is 72.5 cm³/mol. The van der Waals surface area contributed by atoms with Gasteiger partial charge in [-0.3, -0.25) is 11.3 Å². The van der Waals surface area contributed by atoms with Gasteiger partial charge in [-0.2, -0.15) is 0 Å². The van der Waals surface area contributed by atoms with E-state index < -0.39 is 0 Å². The molecule has 2 rings (SSSR count). The molecule has 1 aromatic carbocycles. The van der Waals surface area contributed by atoms with Gasteiger partial charge in [-0.1, -0.05) is 37.1 Å². The number of nitrogens with two attached hydrogens (primary N) is 1. The maximum absolute atomic E-state index is 5.80. The van der Waals surface area contributed by atoms with Gasteiger partial charge in [0.15, 0.2) is 0 Å². The Bertz CT molecular complexity index is 387. The van der Waals surface area contributed by atoms with Crippen molar-refractivity contribution in [2.75, 3.05) is 0 Å². The van der Waals surface area contributed by atoms with Crippen LogP contribution in [0.5, 0.6) is 0 Å². The maximum Gasteiger partial charge on any atom is 0.0490 e. The molecule has 0 aliphatic heterocycles. The fraction of sp³-hybridized carbons (Fsp3) is 0.600. The first-order valence-electron chi connectivity index (χ1n) is 6.65. The van der Waals surface area contributed by atoms with Crippen molar-refractivity contribution in [3.63, 3.8) is 0 Å². The van der Waals surface area contributed by atoms with Crippen LogP contribution in [0.1, 0.15) is 48.9 Å². The topological polar surface area (TPSA) is 38.0 Å². The molecule has 0 heterocycles. The van der Waals surface area contributed by atoms with Crippen molar-refractivity contribution in [2.24, 2.45) is 17.7 Å². The summed E-state index contributed by atoms with van der Waals surface area (Å²) in [5.74, 6) is 7.34. The highest BCUT2D eigenvalue weighted by Crippen LogP contribution is 2.39. The van der Waals surface area contributed by atoms with Gasteiger partial charge in [-0.05, 0) is 49.7 Å². The first-order valence-corrected chi connectivity index (χ1v) is 6.65. The Balaban J connectivity index is 2.25. The summed E-state index contributed by atoms with van der Waals surface area (Å²) in [5, 5.41) is 0. The molecule has 0 radical (unpaired) electrons. The minimum absolute atomic E-state index is 0.319. The van der Waals surface area contributed by atoms with Gasteiger partial charge in [0.25, 0.3) is 0 Å². The molecule has 2 heteroatoms. The Labute approximate surface area is 105 Å². The fourth-order valence-corrected chi connectivity index (χ4v) is 3.13. The summed E-state index contributed by atoms with van der Waals surface area (Å²) in [6.45, 7) is 6.67. The van der Waals surface area contributed by atoms with Gasteiger partial charge in [0.1, 0.15) is 0 Å². The van der Waals surface area contributed by atoms with Crippen LogP contribution in [0.3, 0.4) is 0 Å². The van der Waals surface area contributed by atoms with Gasteiger partial charge in [-0.25, -0.2) is 0 Å². The monoisotopic (exact) mass is 232 g/mol. The van der Waals surface area contributed by atoms with E-state index in [4.69, 9.17) is 5.84 Å². The van der Waals surface area contributed by atoms with Crippen LogP contribution in [-0.4, -0.2) is 0 Å². The quantitative estimate of drug-likeness (QED) is 0.620. The summed E-state index contributed by atoms with van der Waals surface area (Å²) < 4.78 is 0. The molecule has 17 heavy (non-hydrogen) atoms. The molecule has 1 saturated carbocycles. The summed E-state index contributed by atoms with van der Waals surface area (Å²) >= 11 is 0. The lowest BCUT2D eigenvalue weighted by atomic mass is 9.88. The van der Waals surface area contributed by atoms with Gasteiger partial charge in [0.2, 0.25) is 0 Å². The lowest BCUT2D eigenvalue weighted by Gasteiger charge is -2.25.